The molecule has 0 aliphatic heterocycles. The summed E-state index contributed by atoms with van der Waals surface area (Å²) in [5.41, 5.74) is -2.80. The number of hydrogen-bond donors (Lipinski definition) is 0. The Morgan fingerprint density at radius 2 is 1.90 bits per heavy atom. The maximum Gasteiger partial charge on any atom is 0.333 e. The van der Waals surface area contributed by atoms with Crippen molar-refractivity contribution in [1.29, 1.82) is 0 Å². The molecule has 1 fully saturated rings. The second kappa shape index (κ2) is 8.02. The molecule has 0 amide bonds. The number of esters is 3. The predicted molar refractivity (Wildman–Crippen MR) is 104 cm³/mol. The molecule has 1 aliphatic carbocycles. The quantitative estimate of drug-likeness (QED) is 0.218. The van der Waals surface area contributed by atoms with E-state index >= 15 is 0 Å². The van der Waals surface area contributed by atoms with E-state index in [1.54, 1.807) is 6.92 Å². The van der Waals surface area contributed by atoms with Crippen LogP contribution in [-0.4, -0.2) is 58.3 Å². The number of fused-ring (bicyclic) bond motifs is 1. The van der Waals surface area contributed by atoms with Gasteiger partial charge in [-0.25, -0.2) is 19.7 Å². The Balaban J connectivity index is 2.33. The summed E-state index contributed by atoms with van der Waals surface area (Å²) in [6.07, 6.45) is 3.73. The highest BCUT2D eigenvalue weighted by Crippen LogP contribution is 2.55. The van der Waals surface area contributed by atoms with Crippen LogP contribution in [0.25, 0.3) is 11.2 Å². The topological polar surface area (TPSA) is 123 Å². The monoisotopic (exact) mass is 436 g/mol. The Morgan fingerprint density at radius 1 is 1.23 bits per heavy atom. The van der Waals surface area contributed by atoms with Crippen molar-refractivity contribution in [3.05, 3.63) is 30.5 Å². The van der Waals surface area contributed by atoms with Gasteiger partial charge in [-0.2, -0.15) is 0 Å². The van der Waals surface area contributed by atoms with Crippen molar-refractivity contribution in [2.75, 3.05) is 20.8 Å². The number of imidazole rings is 1. The second-order valence-electron chi connectivity index (χ2n) is 6.88. The first-order chi connectivity index (χ1) is 14.3. The maximum absolute atomic E-state index is 13.4. The van der Waals surface area contributed by atoms with Crippen LogP contribution < -0.4 is 0 Å². The fourth-order valence-corrected chi connectivity index (χ4v) is 4.39. The van der Waals surface area contributed by atoms with Gasteiger partial charge >= 0.3 is 17.9 Å². The number of nitrogens with zero attached hydrogens (tertiary/aromatic N) is 4. The summed E-state index contributed by atoms with van der Waals surface area (Å²) < 4.78 is 16.7. The highest BCUT2D eigenvalue weighted by Gasteiger charge is 2.67. The number of methoxy groups -OCH3 is 2. The smallest absolute Gasteiger partial charge is 0.333 e. The Hall–Kier alpha value is -3.01. The number of rotatable bonds is 6. The lowest BCUT2D eigenvalue weighted by Crippen LogP contribution is -2.48. The second-order valence-corrected chi connectivity index (χ2v) is 7.24. The molecule has 3 rings (SSSR count). The van der Waals surface area contributed by atoms with Gasteiger partial charge in [0.05, 0.1) is 27.2 Å². The molecule has 0 unspecified atom stereocenters. The van der Waals surface area contributed by atoms with Crippen LogP contribution >= 0.6 is 11.6 Å². The van der Waals surface area contributed by atoms with E-state index < -0.39 is 34.8 Å². The third kappa shape index (κ3) is 2.94. The van der Waals surface area contributed by atoms with Crippen molar-refractivity contribution in [1.82, 2.24) is 19.5 Å². The van der Waals surface area contributed by atoms with Crippen molar-refractivity contribution in [2.45, 2.75) is 25.3 Å². The molecular formula is C19H21ClN4O6. The zero-order valence-electron chi connectivity index (χ0n) is 16.8. The van der Waals surface area contributed by atoms with Crippen molar-refractivity contribution < 1.29 is 28.6 Å². The fourth-order valence-electron chi connectivity index (χ4n) is 4.21. The zero-order chi connectivity index (χ0) is 22.1. The molecule has 0 saturated heterocycles. The molecule has 2 atom stereocenters. The van der Waals surface area contributed by atoms with Crippen LogP contribution in [0, 0.1) is 11.3 Å². The standard InChI is InChI=1S/C19H21ClN4O6/c1-5-11-7-18(15(25)28-3,16(26)29-4)8-19(11,17(27)30-6-2)24-10-23-12-13(20)21-9-22-14(12)24/h5,9-11H,1,6-8H2,2-4H3/t11-,19-/m1/s1. The van der Waals surface area contributed by atoms with Gasteiger partial charge < -0.3 is 14.2 Å². The number of halogens is 1. The van der Waals surface area contributed by atoms with Crippen LogP contribution in [0.5, 0.6) is 0 Å². The third-order valence-electron chi connectivity index (χ3n) is 5.54. The largest absolute Gasteiger partial charge is 0.468 e. The zero-order valence-corrected chi connectivity index (χ0v) is 17.5. The van der Waals surface area contributed by atoms with Gasteiger partial charge in [-0.3, -0.25) is 14.2 Å². The van der Waals surface area contributed by atoms with Gasteiger partial charge in [-0.15, -0.1) is 6.58 Å². The molecule has 0 bridgehead atoms. The summed E-state index contributed by atoms with van der Waals surface area (Å²) in [5.74, 6) is -3.01. The third-order valence-corrected chi connectivity index (χ3v) is 5.81. The van der Waals surface area contributed by atoms with Crippen LogP contribution in [0.1, 0.15) is 19.8 Å². The molecule has 0 aromatic carbocycles. The first-order valence-corrected chi connectivity index (χ1v) is 9.50. The minimum atomic E-state index is -1.75. The predicted octanol–water partition coefficient (Wildman–Crippen LogP) is 1.67. The molecule has 2 aromatic rings. The van der Waals surface area contributed by atoms with Gasteiger partial charge in [0, 0.05) is 12.3 Å². The molecule has 2 aromatic heterocycles. The lowest BCUT2D eigenvalue weighted by atomic mass is 9.83. The van der Waals surface area contributed by atoms with E-state index in [9.17, 15) is 14.4 Å². The minimum absolute atomic E-state index is 0.0762. The van der Waals surface area contributed by atoms with Crippen molar-refractivity contribution in [3.8, 4) is 0 Å². The first-order valence-electron chi connectivity index (χ1n) is 9.13. The molecule has 11 heteroatoms. The summed E-state index contributed by atoms with van der Waals surface area (Å²) in [5, 5.41) is 0.0955. The van der Waals surface area contributed by atoms with Crippen molar-refractivity contribution in [3.63, 3.8) is 0 Å². The van der Waals surface area contributed by atoms with Gasteiger partial charge in [0.1, 0.15) is 11.8 Å². The van der Waals surface area contributed by atoms with Crippen LogP contribution in [0.15, 0.2) is 25.3 Å². The molecule has 1 aliphatic rings. The average molecular weight is 437 g/mol. The summed E-state index contributed by atoms with van der Waals surface area (Å²) in [6, 6.07) is 0. The Bertz CT molecular complexity index is 1010. The molecule has 160 valence electrons. The summed E-state index contributed by atoms with van der Waals surface area (Å²) in [7, 11) is 2.33. The molecule has 0 N–H and O–H groups in total. The number of hydrogen-bond acceptors (Lipinski definition) is 9. The molecular weight excluding hydrogens is 416 g/mol. The van der Waals surface area contributed by atoms with Crippen LogP contribution in [-0.2, 0) is 34.1 Å². The van der Waals surface area contributed by atoms with Gasteiger partial charge in [0.25, 0.3) is 0 Å². The SMILES string of the molecule is C=C[C@@H]1CC(C(=O)OC)(C(=O)OC)C[C@@]1(C(=O)OCC)n1cnc2c(Cl)ncnc21. The van der Waals surface area contributed by atoms with Crippen LogP contribution in [0.4, 0.5) is 0 Å². The number of carbonyl (C=O) groups excluding carboxylic acids is 3. The van der Waals surface area contributed by atoms with Crippen LogP contribution in [0.2, 0.25) is 5.15 Å². The van der Waals surface area contributed by atoms with E-state index in [1.807, 2.05) is 0 Å². The first kappa shape index (κ1) is 21.7. The number of ether oxygens (including phenoxy) is 3. The summed E-state index contributed by atoms with van der Waals surface area (Å²) >= 11 is 6.12. The van der Waals surface area contributed by atoms with Gasteiger partial charge in [0.2, 0.25) is 0 Å². The van der Waals surface area contributed by atoms with E-state index in [2.05, 4.69) is 21.5 Å². The van der Waals surface area contributed by atoms with Crippen molar-refractivity contribution >= 4 is 40.7 Å². The normalized spacial score (nSPS) is 22.5. The molecule has 1 saturated carbocycles. The Kier molecular flexibility index (Phi) is 5.80. The Labute approximate surface area is 177 Å². The molecule has 2 heterocycles. The van der Waals surface area contributed by atoms with Crippen molar-refractivity contribution in [2.24, 2.45) is 11.3 Å². The lowest BCUT2D eigenvalue weighted by molar-refractivity contribution is -0.170. The van der Waals surface area contributed by atoms with E-state index in [4.69, 9.17) is 25.8 Å². The molecule has 0 radical (unpaired) electrons. The van der Waals surface area contributed by atoms with Gasteiger partial charge in [0.15, 0.2) is 21.8 Å². The highest BCUT2D eigenvalue weighted by molar-refractivity contribution is 6.33. The van der Waals surface area contributed by atoms with E-state index in [-0.39, 0.29) is 35.8 Å². The molecule has 10 nitrogen and oxygen atoms in total. The minimum Gasteiger partial charge on any atom is -0.468 e. The van der Waals surface area contributed by atoms with Crippen LogP contribution in [0.3, 0.4) is 0 Å². The number of aromatic nitrogens is 4. The molecule has 0 spiro atoms. The fraction of sp³-hybridized carbons (Fsp3) is 0.474. The van der Waals surface area contributed by atoms with E-state index in [1.165, 1.54) is 37.5 Å². The molecule has 30 heavy (non-hydrogen) atoms. The Morgan fingerprint density at radius 3 is 2.47 bits per heavy atom. The van der Waals surface area contributed by atoms with E-state index in [0.29, 0.717) is 0 Å². The number of carbonyl (C=O) groups is 3. The summed E-state index contributed by atoms with van der Waals surface area (Å²) in [6.45, 7) is 5.55. The maximum atomic E-state index is 13.4. The average Bonchev–Trinajstić information content (AvgIpc) is 3.34. The number of allylic oxidation sites excluding steroid dienone is 1. The lowest BCUT2D eigenvalue weighted by Gasteiger charge is -2.33. The van der Waals surface area contributed by atoms with E-state index in [0.717, 1.165) is 0 Å². The highest BCUT2D eigenvalue weighted by atomic mass is 35.5. The van der Waals surface area contributed by atoms with Gasteiger partial charge in [-0.1, -0.05) is 17.7 Å². The van der Waals surface area contributed by atoms with Gasteiger partial charge in [-0.05, 0) is 13.3 Å². The summed E-state index contributed by atoms with van der Waals surface area (Å²) in [4.78, 5) is 51.3.